The lowest BCUT2D eigenvalue weighted by molar-refractivity contribution is 0.0933. The Hall–Kier alpha value is -1.85. The first-order chi connectivity index (χ1) is 10.2. The predicted octanol–water partition coefficient (Wildman–Crippen LogP) is 3.15. The van der Waals surface area contributed by atoms with E-state index in [1.807, 2.05) is 25.1 Å². The second-order valence-corrected chi connectivity index (χ2v) is 6.41. The number of nitrogens with two attached hydrogens (primary N) is 1. The molecule has 1 unspecified atom stereocenters. The Kier molecular flexibility index (Phi) is 3.94. The Balaban J connectivity index is 1.82. The highest BCUT2D eigenvalue weighted by Gasteiger charge is 2.23. The van der Waals surface area contributed by atoms with Crippen LogP contribution in [0.3, 0.4) is 0 Å². The molecule has 4 N–H and O–H groups in total. The maximum Gasteiger partial charge on any atom is 0.253 e. The maximum absolute atomic E-state index is 12.5. The molecule has 1 aliphatic carbocycles. The summed E-state index contributed by atoms with van der Waals surface area (Å²) in [5, 5.41) is 5.25. The SMILES string of the molecule is Cc1ccc(C(=O)NC2CCCc3sccc32)c(NN)c1. The van der Waals surface area contributed by atoms with E-state index in [0.29, 0.717) is 11.3 Å². The molecule has 0 spiro atoms. The van der Waals surface area contributed by atoms with Gasteiger partial charge in [0.2, 0.25) is 0 Å². The highest BCUT2D eigenvalue weighted by molar-refractivity contribution is 7.10. The summed E-state index contributed by atoms with van der Waals surface area (Å²) in [4.78, 5) is 13.9. The van der Waals surface area contributed by atoms with Gasteiger partial charge in [0, 0.05) is 4.88 Å². The molecule has 3 rings (SSSR count). The number of carbonyl (C=O) groups excluding carboxylic acids is 1. The number of hydrazine groups is 1. The summed E-state index contributed by atoms with van der Waals surface area (Å²) >= 11 is 1.78. The first-order valence-corrected chi connectivity index (χ1v) is 8.01. The highest BCUT2D eigenvalue weighted by atomic mass is 32.1. The topological polar surface area (TPSA) is 67.2 Å². The second-order valence-electron chi connectivity index (χ2n) is 5.41. The minimum absolute atomic E-state index is 0.0769. The molecule has 5 heteroatoms. The first-order valence-electron chi connectivity index (χ1n) is 7.13. The summed E-state index contributed by atoms with van der Waals surface area (Å²) in [5.74, 6) is 5.45. The third-order valence-electron chi connectivity index (χ3n) is 3.93. The van der Waals surface area contributed by atoms with Crippen LogP contribution < -0.4 is 16.6 Å². The van der Waals surface area contributed by atoms with Crippen LogP contribution in [0.1, 0.15) is 45.2 Å². The van der Waals surface area contributed by atoms with Crippen LogP contribution in [0, 0.1) is 6.92 Å². The van der Waals surface area contributed by atoms with E-state index >= 15 is 0 Å². The number of benzene rings is 1. The normalized spacial score (nSPS) is 17.1. The molecule has 2 aromatic rings. The van der Waals surface area contributed by atoms with Crippen LogP contribution in [0.2, 0.25) is 0 Å². The number of nitrogen functional groups attached to an aromatic ring is 1. The molecule has 0 radical (unpaired) electrons. The number of rotatable bonds is 3. The second kappa shape index (κ2) is 5.87. The fraction of sp³-hybridized carbons (Fsp3) is 0.312. The van der Waals surface area contributed by atoms with Crippen LogP contribution in [0.5, 0.6) is 0 Å². The molecule has 1 aromatic carbocycles. The molecule has 0 saturated carbocycles. The van der Waals surface area contributed by atoms with Crippen molar-refractivity contribution in [3.63, 3.8) is 0 Å². The Morgan fingerprint density at radius 1 is 1.38 bits per heavy atom. The summed E-state index contributed by atoms with van der Waals surface area (Å²) < 4.78 is 0. The minimum Gasteiger partial charge on any atom is -0.345 e. The molecule has 110 valence electrons. The van der Waals surface area contributed by atoms with Gasteiger partial charge in [0.25, 0.3) is 5.91 Å². The van der Waals surface area contributed by atoms with Gasteiger partial charge in [-0.25, -0.2) is 0 Å². The largest absolute Gasteiger partial charge is 0.345 e. The zero-order valence-corrected chi connectivity index (χ0v) is 12.8. The Bertz CT molecular complexity index is 665. The zero-order valence-electron chi connectivity index (χ0n) is 12.0. The molecule has 0 bridgehead atoms. The van der Waals surface area contributed by atoms with Crippen molar-refractivity contribution in [1.29, 1.82) is 0 Å². The van der Waals surface area contributed by atoms with Crippen LogP contribution in [0.25, 0.3) is 0 Å². The van der Waals surface area contributed by atoms with Crippen molar-refractivity contribution in [2.24, 2.45) is 5.84 Å². The van der Waals surface area contributed by atoms with Crippen molar-refractivity contribution in [1.82, 2.24) is 5.32 Å². The number of amides is 1. The van der Waals surface area contributed by atoms with E-state index in [-0.39, 0.29) is 11.9 Å². The van der Waals surface area contributed by atoms with Gasteiger partial charge in [0.1, 0.15) is 0 Å². The van der Waals surface area contributed by atoms with Gasteiger partial charge in [0.15, 0.2) is 0 Å². The van der Waals surface area contributed by atoms with Gasteiger partial charge in [-0.3, -0.25) is 10.6 Å². The number of thiophene rings is 1. The van der Waals surface area contributed by atoms with Crippen LogP contribution >= 0.6 is 11.3 Å². The van der Waals surface area contributed by atoms with E-state index in [1.54, 1.807) is 11.3 Å². The molecular weight excluding hydrogens is 282 g/mol. The van der Waals surface area contributed by atoms with E-state index < -0.39 is 0 Å². The molecule has 21 heavy (non-hydrogen) atoms. The van der Waals surface area contributed by atoms with Gasteiger partial charge < -0.3 is 10.7 Å². The molecule has 4 nitrogen and oxygen atoms in total. The van der Waals surface area contributed by atoms with Crippen molar-refractivity contribution in [3.8, 4) is 0 Å². The van der Waals surface area contributed by atoms with E-state index in [2.05, 4.69) is 22.2 Å². The lowest BCUT2D eigenvalue weighted by atomic mass is 9.93. The maximum atomic E-state index is 12.5. The van der Waals surface area contributed by atoms with E-state index in [4.69, 9.17) is 5.84 Å². The quantitative estimate of drug-likeness (QED) is 0.602. The lowest BCUT2D eigenvalue weighted by Crippen LogP contribution is -2.31. The standard InChI is InChI=1S/C16H19N3OS/c1-10-5-6-12(14(9-10)19-17)16(20)18-13-3-2-4-15-11(13)7-8-21-15/h5-9,13,19H,2-4,17H2,1H3,(H,18,20). The summed E-state index contributed by atoms with van der Waals surface area (Å²) in [6, 6.07) is 7.86. The average Bonchev–Trinajstić information content (AvgIpc) is 2.96. The summed E-state index contributed by atoms with van der Waals surface area (Å²) in [7, 11) is 0. The van der Waals surface area contributed by atoms with E-state index in [1.165, 1.54) is 10.4 Å². The van der Waals surface area contributed by atoms with E-state index in [9.17, 15) is 4.79 Å². The van der Waals surface area contributed by atoms with Gasteiger partial charge in [-0.05, 0) is 60.9 Å². The van der Waals surface area contributed by atoms with Crippen molar-refractivity contribution >= 4 is 22.9 Å². The number of hydrogen-bond donors (Lipinski definition) is 3. The third kappa shape index (κ3) is 2.80. The molecule has 0 fully saturated rings. The van der Waals surface area contributed by atoms with Crippen molar-refractivity contribution < 1.29 is 4.79 Å². The third-order valence-corrected chi connectivity index (χ3v) is 4.93. The molecule has 0 aliphatic heterocycles. The zero-order chi connectivity index (χ0) is 14.8. The smallest absolute Gasteiger partial charge is 0.253 e. The van der Waals surface area contributed by atoms with Crippen molar-refractivity contribution in [2.75, 3.05) is 5.43 Å². The van der Waals surface area contributed by atoms with Crippen LogP contribution in [0.15, 0.2) is 29.6 Å². The molecule has 1 aromatic heterocycles. The Morgan fingerprint density at radius 3 is 3.05 bits per heavy atom. The molecule has 1 atom stereocenters. The molecule has 0 saturated heterocycles. The van der Waals surface area contributed by atoms with Crippen LogP contribution in [-0.4, -0.2) is 5.91 Å². The number of nitrogens with one attached hydrogen (secondary N) is 2. The summed E-state index contributed by atoms with van der Waals surface area (Å²) in [6.45, 7) is 1.97. The molecule has 1 amide bonds. The number of hydrogen-bond acceptors (Lipinski definition) is 4. The van der Waals surface area contributed by atoms with Crippen molar-refractivity contribution in [3.05, 3.63) is 51.2 Å². The Morgan fingerprint density at radius 2 is 2.24 bits per heavy atom. The number of anilines is 1. The fourth-order valence-electron chi connectivity index (χ4n) is 2.85. The minimum atomic E-state index is -0.0769. The molecule has 1 aliphatic rings. The lowest BCUT2D eigenvalue weighted by Gasteiger charge is -2.24. The highest BCUT2D eigenvalue weighted by Crippen LogP contribution is 2.33. The predicted molar refractivity (Wildman–Crippen MR) is 86.5 cm³/mol. The summed E-state index contributed by atoms with van der Waals surface area (Å²) in [6.07, 6.45) is 3.24. The van der Waals surface area contributed by atoms with Gasteiger partial charge >= 0.3 is 0 Å². The molecular formula is C16H19N3OS. The Labute approximate surface area is 128 Å². The van der Waals surface area contributed by atoms with Gasteiger partial charge in [-0.2, -0.15) is 0 Å². The van der Waals surface area contributed by atoms with Gasteiger partial charge in [-0.1, -0.05) is 6.07 Å². The van der Waals surface area contributed by atoms with Gasteiger partial charge in [-0.15, -0.1) is 11.3 Å². The van der Waals surface area contributed by atoms with Gasteiger partial charge in [0.05, 0.1) is 17.3 Å². The number of fused-ring (bicyclic) bond motifs is 1. The van der Waals surface area contributed by atoms with Crippen molar-refractivity contribution in [2.45, 2.75) is 32.2 Å². The first kappa shape index (κ1) is 14.1. The molecule has 1 heterocycles. The van der Waals surface area contributed by atoms with Crippen LogP contribution in [-0.2, 0) is 6.42 Å². The van der Waals surface area contributed by atoms with E-state index in [0.717, 1.165) is 24.8 Å². The summed E-state index contributed by atoms with van der Waals surface area (Å²) in [5.41, 5.74) is 6.20. The van der Waals surface area contributed by atoms with Crippen LogP contribution in [0.4, 0.5) is 5.69 Å². The monoisotopic (exact) mass is 301 g/mol. The average molecular weight is 301 g/mol. The fourth-order valence-corrected chi connectivity index (χ4v) is 3.84. The number of aryl methyl sites for hydroxylation is 2. The number of carbonyl (C=O) groups is 1.